The Labute approximate surface area is 492 Å². The van der Waals surface area contributed by atoms with Crippen LogP contribution in [-0.2, 0) is 66.8 Å². The summed E-state index contributed by atoms with van der Waals surface area (Å²) in [7, 11) is 0. The number of amides is 9. The van der Waals surface area contributed by atoms with Crippen molar-refractivity contribution in [3.8, 4) is 0 Å². The zero-order valence-electron chi connectivity index (χ0n) is 48.9. The van der Waals surface area contributed by atoms with Crippen molar-refractivity contribution in [3.05, 3.63) is 0 Å². The van der Waals surface area contributed by atoms with Crippen molar-refractivity contribution in [3.63, 3.8) is 0 Å². The average Bonchev–Trinajstić information content (AvgIpc) is 3.06. The lowest BCUT2D eigenvalue weighted by Gasteiger charge is -2.42. The Morgan fingerprint density at radius 3 is 1.28 bits per heavy atom. The summed E-state index contributed by atoms with van der Waals surface area (Å²) in [6, 6.07) is -4.40. The van der Waals surface area contributed by atoms with E-state index >= 15 is 0 Å². The Bertz CT molecular complexity index is 2090. The number of aliphatic hydroxyl groups is 10. The van der Waals surface area contributed by atoms with E-state index in [1.165, 1.54) is 25.7 Å². The molecule has 3 aliphatic rings. The monoisotopic (exact) mass is 1230 g/mol. The molecule has 16 atom stereocenters. The van der Waals surface area contributed by atoms with Crippen LogP contribution in [0.5, 0.6) is 0 Å². The number of hydrogen-bond donors (Lipinski definition) is 19. The molecule has 34 heteroatoms. The highest BCUT2D eigenvalue weighted by atomic mass is 16.7. The van der Waals surface area contributed by atoms with Crippen molar-refractivity contribution < 1.29 is 118 Å². The first-order valence-corrected chi connectivity index (χ1v) is 28.1. The van der Waals surface area contributed by atoms with Gasteiger partial charge in [-0.2, -0.15) is 0 Å². The van der Waals surface area contributed by atoms with Gasteiger partial charge in [-0.25, -0.2) is 0 Å². The van der Waals surface area contributed by atoms with Crippen LogP contribution in [0.1, 0.15) is 80.1 Å². The molecule has 0 spiro atoms. The molecular weight excluding hydrogens is 1140 g/mol. The van der Waals surface area contributed by atoms with Crippen molar-refractivity contribution in [2.45, 2.75) is 178 Å². The van der Waals surface area contributed by atoms with Crippen molar-refractivity contribution in [1.29, 1.82) is 0 Å². The number of ether oxygens (including phenoxy) is 5. The Kier molecular flexibility index (Phi) is 35.7. The molecule has 85 heavy (non-hydrogen) atoms. The zero-order chi connectivity index (χ0) is 63.9. The van der Waals surface area contributed by atoms with E-state index in [0.29, 0.717) is 32.2 Å². The highest BCUT2D eigenvalue weighted by Gasteiger charge is 2.47. The molecule has 0 aromatic carbocycles. The van der Waals surface area contributed by atoms with Crippen molar-refractivity contribution in [2.24, 2.45) is 5.92 Å². The summed E-state index contributed by atoms with van der Waals surface area (Å²) in [6.45, 7) is 5.85. The average molecular weight is 1230 g/mol. The smallest absolute Gasteiger partial charge is 0.239 e. The summed E-state index contributed by atoms with van der Waals surface area (Å²) < 4.78 is 27.2. The lowest BCUT2D eigenvalue weighted by molar-refractivity contribution is -0.270. The molecule has 7 unspecified atom stereocenters. The van der Waals surface area contributed by atoms with Gasteiger partial charge in [0, 0.05) is 47.0 Å². The highest BCUT2D eigenvalue weighted by Crippen LogP contribution is 2.24. The number of rotatable bonds is 34. The van der Waals surface area contributed by atoms with Crippen LogP contribution in [0.3, 0.4) is 0 Å². The summed E-state index contributed by atoms with van der Waals surface area (Å²) in [5, 5.41) is 120. The number of nitrogens with zero attached hydrogens (tertiary/aromatic N) is 1. The minimum atomic E-state index is -1.49. The third kappa shape index (κ3) is 27.5. The molecule has 0 aliphatic carbocycles. The quantitative estimate of drug-likeness (QED) is 0.0266. The minimum Gasteiger partial charge on any atom is -0.394 e. The van der Waals surface area contributed by atoms with Gasteiger partial charge in [0.05, 0.1) is 65.2 Å². The van der Waals surface area contributed by atoms with Crippen molar-refractivity contribution in [2.75, 3.05) is 85.4 Å². The molecule has 490 valence electrons. The second-order valence-corrected chi connectivity index (χ2v) is 20.8. The molecular formula is C51H92N10O24. The number of carbonyl (C=O) groups excluding carboxylic acids is 9. The normalized spacial score (nSPS) is 27.7. The maximum atomic E-state index is 13.5. The third-order valence-electron chi connectivity index (χ3n) is 13.1. The number of carbonyl (C=O) groups is 9. The molecule has 3 rings (SSSR count). The number of nitrogens with one attached hydrogen (secondary N) is 9. The molecule has 3 aliphatic heterocycles. The van der Waals surface area contributed by atoms with Crippen LogP contribution in [0.15, 0.2) is 0 Å². The SMILES string of the molecule is CC(=O)NC1[C@H](O)OC(CO)[C@H](O)[C@@H]1O.CCCNC(=O)CNC(=O)C(CC(C)C)N(CC(=O)NCC(=O)NCCCCCO[C@@H]1OC(CO)[C@H](O)[C@H](O)C1NC(C)=O)CC(=O)NCC(=O)NCCCO[C@@H]1OC(CO)[C@H](O)[C@H](O)C1NC(C)=O. The summed E-state index contributed by atoms with van der Waals surface area (Å²) >= 11 is 0. The van der Waals surface area contributed by atoms with E-state index in [2.05, 4.69) is 47.9 Å². The van der Waals surface area contributed by atoms with E-state index in [1.54, 1.807) is 0 Å². The topological polar surface area (TPSA) is 514 Å². The van der Waals surface area contributed by atoms with Gasteiger partial charge in [0.1, 0.15) is 73.1 Å². The van der Waals surface area contributed by atoms with Crippen molar-refractivity contribution in [1.82, 2.24) is 52.8 Å². The number of unbranched alkanes of at least 4 members (excludes halogenated alkanes) is 2. The van der Waals surface area contributed by atoms with Crippen LogP contribution in [-0.4, -0.2) is 292 Å². The molecule has 0 radical (unpaired) electrons. The van der Waals surface area contributed by atoms with E-state index in [9.17, 15) is 89.1 Å². The van der Waals surface area contributed by atoms with Gasteiger partial charge in [0.25, 0.3) is 0 Å². The molecule has 19 N–H and O–H groups in total. The standard InChI is InChI=1S/C43H77N9O18.C8H15NO6/c1-6-11-44-32(59)19-49-41(66)27(16-24(2)3)52(21-34(61)48-18-31(58)46-13-10-15-68-43-36(51-26(5)56)40(65)38(63)29(23-54)70-43)20-33(60)47-17-30(57)45-12-8-7-9-14-67-42-35(50-25(4)55)39(64)37(62)28(22-53)69-42;1-3(11)9-5-7(13)6(12)4(2-10)15-8(5)14/h24,27-29,35-40,42-43,53-54,62-65H,6-23H2,1-5H3,(H,44,59)(H,45,57)(H,46,58)(H,47,60)(H,48,61)(H,49,66)(H,50,55)(H,51,56);4-8,10,12-14H,2H2,1H3,(H,9,11)/t27?,28?,29?,35?,36?,37-,38-,39+,40+,42+,43+;4?,5?,6-,7+,8+/m00/s1. The summed E-state index contributed by atoms with van der Waals surface area (Å²) in [5.74, 6) is -5.21. The van der Waals surface area contributed by atoms with E-state index in [-0.39, 0.29) is 51.6 Å². The summed E-state index contributed by atoms with van der Waals surface area (Å²) in [5.41, 5.74) is 0. The molecule has 34 nitrogen and oxygen atoms in total. The first-order chi connectivity index (χ1) is 40.2. The summed E-state index contributed by atoms with van der Waals surface area (Å²) in [6.07, 6.45) is -13.2. The van der Waals surface area contributed by atoms with Gasteiger partial charge in [-0.15, -0.1) is 0 Å². The van der Waals surface area contributed by atoms with Crippen LogP contribution in [0, 0.1) is 5.92 Å². The molecule has 0 aromatic heterocycles. The lowest BCUT2D eigenvalue weighted by Crippen LogP contribution is -2.64. The fraction of sp³-hybridized carbons (Fsp3) is 0.824. The summed E-state index contributed by atoms with van der Waals surface area (Å²) in [4.78, 5) is 113. The Morgan fingerprint density at radius 2 is 0.859 bits per heavy atom. The van der Waals surface area contributed by atoms with Gasteiger partial charge in [-0.3, -0.25) is 48.1 Å². The Morgan fingerprint density at radius 1 is 0.471 bits per heavy atom. The largest absolute Gasteiger partial charge is 0.394 e. The molecule has 3 fully saturated rings. The van der Waals surface area contributed by atoms with Gasteiger partial charge >= 0.3 is 0 Å². The molecule has 0 bridgehead atoms. The number of hydrogen-bond acceptors (Lipinski definition) is 25. The minimum absolute atomic E-state index is 0.0426. The van der Waals surface area contributed by atoms with Gasteiger partial charge in [-0.05, 0) is 44.4 Å². The van der Waals surface area contributed by atoms with E-state index < -0.39 is 197 Å². The predicted molar refractivity (Wildman–Crippen MR) is 292 cm³/mol. The van der Waals surface area contributed by atoms with E-state index in [0.717, 1.165) is 0 Å². The Hall–Kier alpha value is -5.41. The second kappa shape index (κ2) is 40.1. The molecule has 0 aromatic rings. The van der Waals surface area contributed by atoms with Gasteiger partial charge < -0.3 is 123 Å². The fourth-order valence-electron chi connectivity index (χ4n) is 8.76. The maximum Gasteiger partial charge on any atom is 0.239 e. The lowest BCUT2D eigenvalue weighted by atomic mass is 9.97. The fourth-order valence-corrected chi connectivity index (χ4v) is 8.76. The van der Waals surface area contributed by atoms with Crippen LogP contribution < -0.4 is 47.9 Å². The molecule has 3 saturated heterocycles. The first-order valence-electron chi connectivity index (χ1n) is 28.1. The van der Waals surface area contributed by atoms with Gasteiger partial charge in [-0.1, -0.05) is 20.8 Å². The van der Waals surface area contributed by atoms with Crippen LogP contribution in [0.4, 0.5) is 0 Å². The maximum absolute atomic E-state index is 13.5. The zero-order valence-corrected chi connectivity index (χ0v) is 48.9. The van der Waals surface area contributed by atoms with Crippen LogP contribution in [0.25, 0.3) is 0 Å². The Balaban J connectivity index is 0.00000142. The first kappa shape index (κ1) is 75.7. The van der Waals surface area contributed by atoms with Crippen LogP contribution in [0.2, 0.25) is 0 Å². The number of aliphatic hydroxyl groups excluding tert-OH is 10. The van der Waals surface area contributed by atoms with Gasteiger partial charge in [0.2, 0.25) is 53.2 Å². The molecule has 3 heterocycles. The van der Waals surface area contributed by atoms with Crippen LogP contribution >= 0.6 is 0 Å². The highest BCUT2D eigenvalue weighted by molar-refractivity contribution is 5.90. The predicted octanol–water partition coefficient (Wildman–Crippen LogP) is -9.79. The second-order valence-electron chi connectivity index (χ2n) is 20.8. The van der Waals surface area contributed by atoms with E-state index in [1.807, 2.05) is 20.8 Å². The van der Waals surface area contributed by atoms with E-state index in [4.69, 9.17) is 28.8 Å². The molecule has 9 amide bonds. The molecule has 0 saturated carbocycles. The van der Waals surface area contributed by atoms with Crippen molar-refractivity contribution >= 4 is 53.2 Å². The third-order valence-corrected chi connectivity index (χ3v) is 13.1. The van der Waals surface area contributed by atoms with Gasteiger partial charge in [0.15, 0.2) is 18.9 Å².